The highest BCUT2D eigenvalue weighted by Gasteiger charge is 2.08. The second-order valence-corrected chi connectivity index (χ2v) is 4.94. The Bertz CT molecular complexity index is 584. The number of benzene rings is 2. The highest BCUT2D eigenvalue weighted by Crippen LogP contribution is 2.29. The van der Waals surface area contributed by atoms with Gasteiger partial charge >= 0.3 is 0 Å². The van der Waals surface area contributed by atoms with Crippen LogP contribution >= 0.6 is 23.2 Å². The number of ether oxygens (including phenoxy) is 1. The Morgan fingerprint density at radius 1 is 1.15 bits per heavy atom. The van der Waals surface area contributed by atoms with Crippen LogP contribution in [0.4, 0.5) is 10.1 Å². The summed E-state index contributed by atoms with van der Waals surface area (Å²) in [7, 11) is 0. The summed E-state index contributed by atoms with van der Waals surface area (Å²) in [5.41, 5.74) is 1.49. The molecule has 0 heterocycles. The Morgan fingerprint density at radius 3 is 2.50 bits per heavy atom. The molecule has 2 nitrogen and oxygen atoms in total. The van der Waals surface area contributed by atoms with Crippen molar-refractivity contribution in [3.63, 3.8) is 0 Å². The molecule has 0 aliphatic heterocycles. The van der Waals surface area contributed by atoms with E-state index in [4.69, 9.17) is 27.9 Å². The zero-order valence-corrected chi connectivity index (χ0v) is 12.4. The molecule has 0 spiro atoms. The number of nitrogens with one attached hydrogen (secondary N) is 1. The van der Waals surface area contributed by atoms with Gasteiger partial charge in [-0.1, -0.05) is 29.3 Å². The zero-order valence-electron chi connectivity index (χ0n) is 10.9. The quantitative estimate of drug-likeness (QED) is 0.824. The molecule has 0 radical (unpaired) electrons. The van der Waals surface area contributed by atoms with E-state index in [1.807, 2.05) is 6.92 Å². The number of anilines is 1. The highest BCUT2D eigenvalue weighted by atomic mass is 35.5. The molecule has 0 aliphatic rings. The van der Waals surface area contributed by atoms with E-state index in [1.54, 1.807) is 24.3 Å². The van der Waals surface area contributed by atoms with Gasteiger partial charge in [-0.15, -0.1) is 0 Å². The first-order valence-electron chi connectivity index (χ1n) is 6.21. The molecule has 0 atom stereocenters. The molecule has 2 rings (SSSR count). The van der Waals surface area contributed by atoms with Crippen molar-refractivity contribution in [2.75, 3.05) is 11.9 Å². The Labute approximate surface area is 127 Å². The van der Waals surface area contributed by atoms with Crippen LogP contribution in [-0.4, -0.2) is 6.61 Å². The van der Waals surface area contributed by atoms with Crippen molar-refractivity contribution in [2.45, 2.75) is 13.5 Å². The van der Waals surface area contributed by atoms with Gasteiger partial charge in [0.1, 0.15) is 11.6 Å². The van der Waals surface area contributed by atoms with Crippen molar-refractivity contribution in [1.29, 1.82) is 0 Å². The summed E-state index contributed by atoms with van der Waals surface area (Å²) in [6.45, 7) is 2.74. The van der Waals surface area contributed by atoms with Crippen molar-refractivity contribution < 1.29 is 9.13 Å². The lowest BCUT2D eigenvalue weighted by Gasteiger charge is -2.14. The molecule has 5 heteroatoms. The average Bonchev–Trinajstić information content (AvgIpc) is 2.40. The third-order valence-electron chi connectivity index (χ3n) is 2.76. The van der Waals surface area contributed by atoms with Crippen LogP contribution in [-0.2, 0) is 6.54 Å². The zero-order chi connectivity index (χ0) is 14.5. The summed E-state index contributed by atoms with van der Waals surface area (Å²) in [5.74, 6) is 0.130. The first-order valence-corrected chi connectivity index (χ1v) is 6.96. The molecule has 0 aromatic heterocycles. The Hall–Kier alpha value is -1.45. The molecule has 0 bridgehead atoms. The van der Waals surface area contributed by atoms with Crippen molar-refractivity contribution in [3.8, 4) is 5.75 Å². The molecule has 2 aromatic carbocycles. The van der Waals surface area contributed by atoms with Crippen LogP contribution in [0, 0.1) is 5.82 Å². The number of hydrogen-bond donors (Lipinski definition) is 1. The molecule has 20 heavy (non-hydrogen) atoms. The van der Waals surface area contributed by atoms with Gasteiger partial charge in [0.15, 0.2) is 0 Å². The fourth-order valence-electron chi connectivity index (χ4n) is 1.80. The topological polar surface area (TPSA) is 21.3 Å². The van der Waals surface area contributed by atoms with Crippen LogP contribution in [0.1, 0.15) is 12.5 Å². The second kappa shape index (κ2) is 6.82. The molecule has 0 saturated heterocycles. The maximum atomic E-state index is 13.2. The van der Waals surface area contributed by atoms with Crippen LogP contribution < -0.4 is 10.1 Å². The summed E-state index contributed by atoms with van der Waals surface area (Å²) in [6.07, 6.45) is 0. The Morgan fingerprint density at radius 2 is 1.85 bits per heavy atom. The maximum Gasteiger partial charge on any atom is 0.145 e. The van der Waals surface area contributed by atoms with Crippen molar-refractivity contribution in [1.82, 2.24) is 0 Å². The van der Waals surface area contributed by atoms with E-state index in [1.165, 1.54) is 12.1 Å². The smallest absolute Gasteiger partial charge is 0.145 e. The third-order valence-corrected chi connectivity index (χ3v) is 3.47. The fraction of sp³-hybridized carbons (Fsp3) is 0.200. The van der Waals surface area contributed by atoms with Gasteiger partial charge in [0, 0.05) is 28.2 Å². The Balaban J connectivity index is 2.18. The van der Waals surface area contributed by atoms with Crippen molar-refractivity contribution in [3.05, 3.63) is 57.8 Å². The van der Waals surface area contributed by atoms with Gasteiger partial charge in [-0.2, -0.15) is 0 Å². The molecule has 1 N–H and O–H groups in total. The molecular formula is C15H14Cl2FNO. The summed E-state index contributed by atoms with van der Waals surface area (Å²) in [4.78, 5) is 0. The van der Waals surface area contributed by atoms with E-state index in [0.717, 1.165) is 5.56 Å². The lowest BCUT2D eigenvalue weighted by atomic mass is 10.2. The van der Waals surface area contributed by atoms with Crippen LogP contribution in [0.2, 0.25) is 10.0 Å². The van der Waals surface area contributed by atoms with E-state index in [2.05, 4.69) is 5.32 Å². The summed E-state index contributed by atoms with van der Waals surface area (Å²) >= 11 is 12.2. The molecule has 106 valence electrons. The number of hydrogen-bond acceptors (Lipinski definition) is 2. The predicted octanol–water partition coefficient (Wildman–Crippen LogP) is 5.14. The van der Waals surface area contributed by atoms with Crippen molar-refractivity contribution >= 4 is 28.9 Å². The van der Waals surface area contributed by atoms with Crippen LogP contribution in [0.5, 0.6) is 5.75 Å². The predicted molar refractivity (Wildman–Crippen MR) is 81.4 cm³/mol. The van der Waals surface area contributed by atoms with E-state index < -0.39 is 0 Å². The SMILES string of the molecule is CCOc1cc(F)ccc1NCc1c(Cl)cccc1Cl. The maximum absolute atomic E-state index is 13.2. The van der Waals surface area contributed by atoms with Crippen LogP contribution in [0.3, 0.4) is 0 Å². The van der Waals surface area contributed by atoms with Gasteiger partial charge in [0.05, 0.1) is 12.3 Å². The molecule has 0 saturated carbocycles. The first kappa shape index (κ1) is 14.9. The van der Waals surface area contributed by atoms with Gasteiger partial charge in [0.2, 0.25) is 0 Å². The first-order chi connectivity index (χ1) is 9.61. The highest BCUT2D eigenvalue weighted by molar-refractivity contribution is 6.36. The summed E-state index contributed by atoms with van der Waals surface area (Å²) in [5, 5.41) is 4.34. The minimum absolute atomic E-state index is 0.338. The molecule has 0 fully saturated rings. The number of halogens is 3. The normalized spacial score (nSPS) is 10.4. The van der Waals surface area contributed by atoms with Crippen LogP contribution in [0.15, 0.2) is 36.4 Å². The van der Waals surface area contributed by atoms with Gasteiger partial charge in [-0.25, -0.2) is 4.39 Å². The minimum Gasteiger partial charge on any atom is -0.492 e. The van der Waals surface area contributed by atoms with E-state index in [9.17, 15) is 4.39 Å². The van der Waals surface area contributed by atoms with Gasteiger partial charge < -0.3 is 10.1 Å². The van der Waals surface area contributed by atoms with Gasteiger partial charge in [-0.3, -0.25) is 0 Å². The summed E-state index contributed by atoms with van der Waals surface area (Å²) < 4.78 is 18.6. The third kappa shape index (κ3) is 3.56. The number of rotatable bonds is 5. The van der Waals surface area contributed by atoms with Gasteiger partial charge in [-0.05, 0) is 31.2 Å². The van der Waals surface area contributed by atoms with E-state index in [0.29, 0.717) is 34.6 Å². The molecule has 2 aromatic rings. The van der Waals surface area contributed by atoms with Crippen molar-refractivity contribution in [2.24, 2.45) is 0 Å². The average molecular weight is 314 g/mol. The lowest BCUT2D eigenvalue weighted by molar-refractivity contribution is 0.340. The molecule has 0 unspecified atom stereocenters. The minimum atomic E-state index is -0.338. The standard InChI is InChI=1S/C15H14Cl2FNO/c1-2-20-15-8-10(18)6-7-14(15)19-9-11-12(16)4-3-5-13(11)17/h3-8,19H,2,9H2,1H3. The second-order valence-electron chi connectivity index (χ2n) is 4.13. The monoisotopic (exact) mass is 313 g/mol. The van der Waals surface area contributed by atoms with E-state index in [-0.39, 0.29) is 5.82 Å². The largest absolute Gasteiger partial charge is 0.492 e. The molecule has 0 aliphatic carbocycles. The van der Waals surface area contributed by atoms with Crippen LogP contribution in [0.25, 0.3) is 0 Å². The summed E-state index contributed by atoms with van der Waals surface area (Å²) in [6, 6.07) is 9.69. The molecule has 0 amide bonds. The lowest BCUT2D eigenvalue weighted by Crippen LogP contribution is -2.04. The Kier molecular flexibility index (Phi) is 5.10. The fourth-order valence-corrected chi connectivity index (χ4v) is 2.33. The molecular weight excluding hydrogens is 300 g/mol. The van der Waals surface area contributed by atoms with Gasteiger partial charge in [0.25, 0.3) is 0 Å². The van der Waals surface area contributed by atoms with E-state index >= 15 is 0 Å².